The van der Waals surface area contributed by atoms with Gasteiger partial charge >= 0.3 is 0 Å². The topological polar surface area (TPSA) is 12.4 Å². The molecule has 76 valence electrons. The van der Waals surface area contributed by atoms with Gasteiger partial charge in [-0.2, -0.15) is 0 Å². The molecule has 0 aliphatic carbocycles. The Labute approximate surface area is 87.9 Å². The zero-order chi connectivity index (χ0) is 10.6. The van der Waals surface area contributed by atoms with Gasteiger partial charge in [0, 0.05) is 12.8 Å². The van der Waals surface area contributed by atoms with Crippen LogP contribution in [0.4, 0.5) is 0 Å². The van der Waals surface area contributed by atoms with Crippen LogP contribution in [0.15, 0.2) is 35.3 Å². The normalized spacial score (nSPS) is 13.0. The first-order chi connectivity index (χ1) is 6.53. The number of nitrogens with zero attached hydrogens (tertiary/aromatic N) is 1. The molecule has 1 aromatic rings. The van der Waals surface area contributed by atoms with Crippen molar-refractivity contribution in [2.24, 2.45) is 4.99 Å². The summed E-state index contributed by atoms with van der Waals surface area (Å²) in [6.07, 6.45) is 0. The number of benzene rings is 1. The minimum Gasteiger partial charge on any atom is -0.293 e. The summed E-state index contributed by atoms with van der Waals surface area (Å²) in [4.78, 5) is 4.40. The molecule has 0 heterocycles. The first-order valence-corrected chi connectivity index (χ1v) is 8.75. The highest BCUT2D eigenvalue weighted by Crippen LogP contribution is 2.14. The highest BCUT2D eigenvalue weighted by atomic mass is 28.3. The van der Waals surface area contributed by atoms with Crippen LogP contribution in [0.3, 0.4) is 0 Å². The van der Waals surface area contributed by atoms with Gasteiger partial charge in [-0.3, -0.25) is 4.99 Å². The van der Waals surface area contributed by atoms with Gasteiger partial charge in [-0.1, -0.05) is 50.0 Å². The maximum atomic E-state index is 4.40. The first kappa shape index (κ1) is 11.2. The summed E-state index contributed by atoms with van der Waals surface area (Å²) in [6, 6.07) is 11.6. The number of hydrogen-bond acceptors (Lipinski definition) is 1. The molecular formula is C12H19NSi. The van der Waals surface area contributed by atoms with Gasteiger partial charge in [0.05, 0.1) is 8.07 Å². The smallest absolute Gasteiger partial charge is 0.0506 e. The van der Waals surface area contributed by atoms with Crippen molar-refractivity contribution in [3.63, 3.8) is 0 Å². The highest BCUT2D eigenvalue weighted by molar-refractivity contribution is 6.79. The number of aliphatic imine (C=N–C) groups is 1. The Bertz CT molecular complexity index is 309. The highest BCUT2D eigenvalue weighted by Gasteiger charge is 2.16. The fourth-order valence-electron chi connectivity index (χ4n) is 1.44. The van der Waals surface area contributed by atoms with Crippen molar-refractivity contribution in [1.29, 1.82) is 0 Å². The molecule has 0 bridgehead atoms. The van der Waals surface area contributed by atoms with Crippen molar-refractivity contribution in [1.82, 2.24) is 0 Å². The van der Waals surface area contributed by atoms with Crippen LogP contribution in [-0.2, 0) is 0 Å². The van der Waals surface area contributed by atoms with E-state index in [0.29, 0.717) is 0 Å². The Balaban J connectivity index is 2.85. The predicted molar refractivity (Wildman–Crippen MR) is 67.1 cm³/mol. The summed E-state index contributed by atoms with van der Waals surface area (Å²) in [7, 11) is 0.837. The molecule has 2 heteroatoms. The van der Waals surface area contributed by atoms with E-state index in [4.69, 9.17) is 0 Å². The molecule has 1 nitrogen and oxygen atoms in total. The van der Waals surface area contributed by atoms with Crippen molar-refractivity contribution in [3.05, 3.63) is 35.9 Å². The van der Waals surface area contributed by atoms with Crippen molar-refractivity contribution in [3.8, 4) is 0 Å². The first-order valence-electron chi connectivity index (χ1n) is 5.04. The number of hydrogen-bond donors (Lipinski definition) is 0. The largest absolute Gasteiger partial charge is 0.293 e. The molecule has 0 unspecified atom stereocenters. The zero-order valence-electron chi connectivity index (χ0n) is 9.54. The molecule has 0 saturated carbocycles. The van der Waals surface area contributed by atoms with E-state index in [-0.39, 0.29) is 0 Å². The summed E-state index contributed by atoms with van der Waals surface area (Å²) in [5, 5.41) is 0. The van der Waals surface area contributed by atoms with E-state index in [1.165, 1.54) is 11.3 Å². The molecule has 0 aromatic heterocycles. The second-order valence-corrected chi connectivity index (χ2v) is 10.2. The van der Waals surface area contributed by atoms with Gasteiger partial charge in [-0.25, -0.2) is 0 Å². The van der Waals surface area contributed by atoms with Crippen LogP contribution < -0.4 is 0 Å². The lowest BCUT2D eigenvalue weighted by Crippen LogP contribution is -2.24. The summed E-state index contributed by atoms with van der Waals surface area (Å²) in [5.74, 6) is 0. The second-order valence-electron chi connectivity index (χ2n) is 4.77. The SMILES string of the molecule is CN=C(C[Si](C)(C)C)c1ccccc1. The third kappa shape index (κ3) is 3.46. The molecule has 1 rings (SSSR count). The third-order valence-corrected chi connectivity index (χ3v) is 3.47. The Kier molecular flexibility index (Phi) is 3.64. The molecule has 0 saturated heterocycles. The Hall–Kier alpha value is -0.893. The Morgan fingerprint density at radius 2 is 1.71 bits per heavy atom. The van der Waals surface area contributed by atoms with Gasteiger partial charge < -0.3 is 0 Å². The van der Waals surface area contributed by atoms with Crippen LogP contribution >= 0.6 is 0 Å². The summed E-state index contributed by atoms with van der Waals surface area (Å²) >= 11 is 0. The molecule has 0 spiro atoms. The molecule has 0 N–H and O–H groups in total. The monoisotopic (exact) mass is 205 g/mol. The molecule has 0 aliphatic heterocycles. The van der Waals surface area contributed by atoms with Crippen molar-refractivity contribution < 1.29 is 0 Å². The molecule has 0 radical (unpaired) electrons. The van der Waals surface area contributed by atoms with Crippen molar-refractivity contribution in [2.45, 2.75) is 25.7 Å². The summed E-state index contributed by atoms with van der Waals surface area (Å²) in [6.45, 7) is 7.13. The summed E-state index contributed by atoms with van der Waals surface area (Å²) in [5.41, 5.74) is 2.53. The minimum atomic E-state index is -1.05. The molecule has 14 heavy (non-hydrogen) atoms. The maximum absolute atomic E-state index is 4.40. The van der Waals surface area contributed by atoms with E-state index in [1.807, 2.05) is 13.1 Å². The average molecular weight is 205 g/mol. The van der Waals surface area contributed by atoms with Crippen LogP contribution in [0.2, 0.25) is 25.7 Å². The number of rotatable bonds is 3. The van der Waals surface area contributed by atoms with Gasteiger partial charge in [-0.15, -0.1) is 0 Å². The molecular weight excluding hydrogens is 186 g/mol. The molecule has 0 amide bonds. The van der Waals surface area contributed by atoms with E-state index in [1.54, 1.807) is 0 Å². The van der Waals surface area contributed by atoms with Crippen LogP contribution in [0.5, 0.6) is 0 Å². The molecule has 1 aromatic carbocycles. The van der Waals surface area contributed by atoms with E-state index in [0.717, 1.165) is 6.04 Å². The lowest BCUT2D eigenvalue weighted by atomic mass is 10.1. The third-order valence-electron chi connectivity index (χ3n) is 2.07. The van der Waals surface area contributed by atoms with Crippen LogP contribution in [0.1, 0.15) is 5.56 Å². The molecule has 0 atom stereocenters. The second kappa shape index (κ2) is 4.56. The Morgan fingerprint density at radius 3 is 2.14 bits per heavy atom. The standard InChI is InChI=1S/C12H19NSi/c1-13-12(10-14(2,3)4)11-8-6-5-7-9-11/h5-9H,10H2,1-4H3. The van der Waals surface area contributed by atoms with Crippen molar-refractivity contribution in [2.75, 3.05) is 7.05 Å². The van der Waals surface area contributed by atoms with Gasteiger partial charge in [0.1, 0.15) is 0 Å². The van der Waals surface area contributed by atoms with Gasteiger partial charge in [0.25, 0.3) is 0 Å². The lowest BCUT2D eigenvalue weighted by Gasteiger charge is -2.17. The minimum absolute atomic E-state index is 1.05. The Morgan fingerprint density at radius 1 is 1.14 bits per heavy atom. The van der Waals surface area contributed by atoms with E-state index in [2.05, 4.69) is 48.9 Å². The zero-order valence-corrected chi connectivity index (χ0v) is 10.5. The van der Waals surface area contributed by atoms with Gasteiger partial charge in [0.15, 0.2) is 0 Å². The average Bonchev–Trinajstić information content (AvgIpc) is 2.14. The fraction of sp³-hybridized carbons (Fsp3) is 0.417. The van der Waals surface area contributed by atoms with Crippen LogP contribution in [0.25, 0.3) is 0 Å². The van der Waals surface area contributed by atoms with Crippen LogP contribution in [0, 0.1) is 0 Å². The predicted octanol–water partition coefficient (Wildman–Crippen LogP) is 3.44. The van der Waals surface area contributed by atoms with Gasteiger partial charge in [-0.05, 0) is 11.6 Å². The van der Waals surface area contributed by atoms with Crippen LogP contribution in [-0.4, -0.2) is 20.8 Å². The van der Waals surface area contributed by atoms with Gasteiger partial charge in [0.2, 0.25) is 0 Å². The van der Waals surface area contributed by atoms with E-state index < -0.39 is 8.07 Å². The lowest BCUT2D eigenvalue weighted by molar-refractivity contribution is 1.38. The van der Waals surface area contributed by atoms with Crippen molar-refractivity contribution >= 4 is 13.8 Å². The maximum Gasteiger partial charge on any atom is 0.0506 e. The molecule has 0 aliphatic rings. The summed E-state index contributed by atoms with van der Waals surface area (Å²) < 4.78 is 0. The van der Waals surface area contributed by atoms with E-state index in [9.17, 15) is 0 Å². The van der Waals surface area contributed by atoms with E-state index >= 15 is 0 Å². The molecule has 0 fully saturated rings. The fourth-order valence-corrected chi connectivity index (χ4v) is 2.81. The quantitative estimate of drug-likeness (QED) is 0.529.